The Kier molecular flexibility index (Phi) is 3.37. The number of ketones is 1. The van der Waals surface area contributed by atoms with Crippen LogP contribution >= 0.6 is 11.6 Å². The highest BCUT2D eigenvalue weighted by Gasteiger charge is 2.26. The Morgan fingerprint density at radius 1 is 1.54 bits per heavy atom. The number of rotatable bonds is 3. The first-order valence-corrected chi connectivity index (χ1v) is 5.10. The molecule has 0 amide bonds. The first-order chi connectivity index (χ1) is 6.03. The highest BCUT2D eigenvalue weighted by Crippen LogP contribution is 2.32. The van der Waals surface area contributed by atoms with Crippen molar-refractivity contribution in [2.24, 2.45) is 5.41 Å². The van der Waals surface area contributed by atoms with Crippen LogP contribution in [-0.4, -0.2) is 18.2 Å². The lowest BCUT2D eigenvalue weighted by Crippen LogP contribution is -2.28. The molecule has 1 N–H and O–H groups in total. The van der Waals surface area contributed by atoms with Crippen molar-refractivity contribution >= 4 is 17.4 Å². The van der Waals surface area contributed by atoms with Gasteiger partial charge in [-0.2, -0.15) is 0 Å². The van der Waals surface area contributed by atoms with Crippen molar-refractivity contribution in [1.29, 1.82) is 0 Å². The lowest BCUT2D eigenvalue weighted by Gasteiger charge is -2.29. The van der Waals surface area contributed by atoms with E-state index < -0.39 is 0 Å². The molecular formula is C10H16ClNO. The molecule has 0 aromatic heterocycles. The van der Waals surface area contributed by atoms with E-state index in [1.165, 1.54) is 0 Å². The number of hydrogen-bond donors (Lipinski definition) is 1. The van der Waals surface area contributed by atoms with Crippen molar-refractivity contribution in [1.82, 2.24) is 5.32 Å². The largest absolute Gasteiger partial charge is 0.387 e. The van der Waals surface area contributed by atoms with Crippen LogP contribution in [0, 0.1) is 5.41 Å². The topological polar surface area (TPSA) is 29.1 Å². The molecule has 0 aliphatic heterocycles. The number of allylic oxidation sites excluding steroid dienone is 2. The van der Waals surface area contributed by atoms with Gasteiger partial charge in [-0.3, -0.25) is 4.79 Å². The number of carbonyl (C=O) groups is 1. The molecule has 2 nitrogen and oxygen atoms in total. The molecule has 1 aliphatic carbocycles. The molecule has 1 aliphatic rings. The normalized spacial score (nSPS) is 21.2. The van der Waals surface area contributed by atoms with Crippen LogP contribution in [0.15, 0.2) is 11.8 Å². The SMILES string of the molecule is CC1(C)CC(=O)C=C(NCCCl)C1. The summed E-state index contributed by atoms with van der Waals surface area (Å²) in [6.07, 6.45) is 3.30. The minimum absolute atomic E-state index is 0.0977. The van der Waals surface area contributed by atoms with E-state index in [9.17, 15) is 4.79 Å². The Morgan fingerprint density at radius 2 is 2.23 bits per heavy atom. The van der Waals surface area contributed by atoms with E-state index in [0.717, 1.165) is 18.7 Å². The predicted molar refractivity (Wildman–Crippen MR) is 54.8 cm³/mol. The summed E-state index contributed by atoms with van der Waals surface area (Å²) in [7, 11) is 0. The van der Waals surface area contributed by atoms with Crippen LogP contribution in [0.2, 0.25) is 0 Å². The van der Waals surface area contributed by atoms with Crippen LogP contribution in [0.25, 0.3) is 0 Å². The second kappa shape index (κ2) is 4.14. The van der Waals surface area contributed by atoms with Gasteiger partial charge in [0, 0.05) is 30.6 Å². The molecule has 0 bridgehead atoms. The number of hydrogen-bond acceptors (Lipinski definition) is 2. The van der Waals surface area contributed by atoms with E-state index in [-0.39, 0.29) is 11.2 Å². The number of nitrogens with one attached hydrogen (secondary N) is 1. The second-order valence-corrected chi connectivity index (χ2v) is 4.65. The molecule has 0 heterocycles. The smallest absolute Gasteiger partial charge is 0.157 e. The van der Waals surface area contributed by atoms with Crippen molar-refractivity contribution in [3.8, 4) is 0 Å². The fourth-order valence-corrected chi connectivity index (χ4v) is 1.76. The van der Waals surface area contributed by atoms with Gasteiger partial charge in [-0.15, -0.1) is 11.6 Å². The molecule has 0 saturated heterocycles. The zero-order valence-electron chi connectivity index (χ0n) is 8.19. The minimum atomic E-state index is 0.0977. The predicted octanol–water partition coefficient (Wildman–Crippen LogP) is 2.09. The van der Waals surface area contributed by atoms with E-state index >= 15 is 0 Å². The number of halogens is 1. The monoisotopic (exact) mass is 201 g/mol. The highest BCUT2D eigenvalue weighted by atomic mass is 35.5. The summed E-state index contributed by atoms with van der Waals surface area (Å²) >= 11 is 5.55. The summed E-state index contributed by atoms with van der Waals surface area (Å²) in [4.78, 5) is 11.3. The highest BCUT2D eigenvalue weighted by molar-refractivity contribution is 6.18. The van der Waals surface area contributed by atoms with Crippen molar-refractivity contribution in [2.45, 2.75) is 26.7 Å². The van der Waals surface area contributed by atoms with Gasteiger partial charge >= 0.3 is 0 Å². The standard InChI is InChI=1S/C10H16ClNO/c1-10(2)6-8(12-4-3-11)5-9(13)7-10/h5,12H,3-4,6-7H2,1-2H3. The lowest BCUT2D eigenvalue weighted by molar-refractivity contribution is -0.117. The molecule has 74 valence electrons. The average Bonchev–Trinajstić information content (AvgIpc) is 1.97. The fraction of sp³-hybridized carbons (Fsp3) is 0.700. The van der Waals surface area contributed by atoms with Crippen molar-refractivity contribution in [3.63, 3.8) is 0 Å². The second-order valence-electron chi connectivity index (χ2n) is 4.27. The molecule has 0 aromatic carbocycles. The Morgan fingerprint density at radius 3 is 2.77 bits per heavy atom. The van der Waals surface area contributed by atoms with Gasteiger partial charge in [0.2, 0.25) is 0 Å². The fourth-order valence-electron chi connectivity index (χ4n) is 1.67. The maximum absolute atomic E-state index is 11.3. The summed E-state index contributed by atoms with van der Waals surface area (Å²) in [5.41, 5.74) is 1.13. The number of alkyl halides is 1. The van der Waals surface area contributed by atoms with Gasteiger partial charge < -0.3 is 5.32 Å². The summed E-state index contributed by atoms with van der Waals surface area (Å²) < 4.78 is 0. The van der Waals surface area contributed by atoms with E-state index in [1.54, 1.807) is 6.08 Å². The third-order valence-corrected chi connectivity index (χ3v) is 2.29. The van der Waals surface area contributed by atoms with Gasteiger partial charge in [-0.25, -0.2) is 0 Å². The summed E-state index contributed by atoms with van der Waals surface area (Å²) in [5.74, 6) is 0.791. The van der Waals surface area contributed by atoms with E-state index in [0.29, 0.717) is 12.3 Å². The van der Waals surface area contributed by atoms with Crippen LogP contribution in [0.3, 0.4) is 0 Å². The summed E-state index contributed by atoms with van der Waals surface area (Å²) in [6, 6.07) is 0. The Bertz CT molecular complexity index is 233. The summed E-state index contributed by atoms with van der Waals surface area (Å²) in [6.45, 7) is 4.96. The molecule has 0 radical (unpaired) electrons. The maximum Gasteiger partial charge on any atom is 0.157 e. The quantitative estimate of drug-likeness (QED) is 0.709. The molecular weight excluding hydrogens is 186 g/mol. The minimum Gasteiger partial charge on any atom is -0.387 e. The third-order valence-electron chi connectivity index (χ3n) is 2.10. The Labute approximate surface area is 84.3 Å². The van der Waals surface area contributed by atoms with Gasteiger partial charge in [0.05, 0.1) is 0 Å². The van der Waals surface area contributed by atoms with Crippen molar-refractivity contribution < 1.29 is 4.79 Å². The molecule has 0 unspecified atom stereocenters. The molecule has 0 fully saturated rings. The van der Waals surface area contributed by atoms with Crippen LogP contribution in [0.4, 0.5) is 0 Å². The Balaban J connectivity index is 2.59. The van der Waals surface area contributed by atoms with Crippen LogP contribution in [-0.2, 0) is 4.79 Å². The lowest BCUT2D eigenvalue weighted by atomic mass is 9.79. The van der Waals surface area contributed by atoms with Gasteiger partial charge in [-0.05, 0) is 11.8 Å². The van der Waals surface area contributed by atoms with Crippen molar-refractivity contribution in [3.05, 3.63) is 11.8 Å². The molecule has 0 aromatic rings. The van der Waals surface area contributed by atoms with Crippen molar-refractivity contribution in [2.75, 3.05) is 12.4 Å². The van der Waals surface area contributed by atoms with Crippen LogP contribution in [0.1, 0.15) is 26.7 Å². The van der Waals surface area contributed by atoms with E-state index in [4.69, 9.17) is 11.6 Å². The zero-order chi connectivity index (χ0) is 9.90. The molecule has 13 heavy (non-hydrogen) atoms. The third kappa shape index (κ3) is 3.39. The number of carbonyl (C=O) groups excluding carboxylic acids is 1. The first kappa shape index (κ1) is 10.6. The molecule has 0 saturated carbocycles. The molecule has 0 atom stereocenters. The molecule has 0 spiro atoms. The van der Waals surface area contributed by atoms with Gasteiger partial charge in [-0.1, -0.05) is 13.8 Å². The van der Waals surface area contributed by atoms with E-state index in [2.05, 4.69) is 19.2 Å². The summed E-state index contributed by atoms with van der Waals surface area (Å²) in [5, 5.41) is 3.17. The van der Waals surface area contributed by atoms with Gasteiger partial charge in [0.25, 0.3) is 0 Å². The first-order valence-electron chi connectivity index (χ1n) is 4.57. The van der Waals surface area contributed by atoms with Gasteiger partial charge in [0.15, 0.2) is 5.78 Å². The van der Waals surface area contributed by atoms with Crippen LogP contribution < -0.4 is 5.32 Å². The zero-order valence-corrected chi connectivity index (χ0v) is 8.95. The molecule has 3 heteroatoms. The molecule has 1 rings (SSSR count). The maximum atomic E-state index is 11.3. The van der Waals surface area contributed by atoms with E-state index in [1.807, 2.05) is 0 Å². The average molecular weight is 202 g/mol. The Hall–Kier alpha value is -0.500. The van der Waals surface area contributed by atoms with Crippen LogP contribution in [0.5, 0.6) is 0 Å². The van der Waals surface area contributed by atoms with Gasteiger partial charge in [0.1, 0.15) is 0 Å².